The van der Waals surface area contributed by atoms with Crippen molar-refractivity contribution in [3.63, 3.8) is 0 Å². The van der Waals surface area contributed by atoms with E-state index in [1.165, 1.54) is 18.0 Å². The van der Waals surface area contributed by atoms with E-state index in [2.05, 4.69) is 29.1 Å². The van der Waals surface area contributed by atoms with Gasteiger partial charge in [-0.05, 0) is 26.8 Å². The first-order valence-corrected chi connectivity index (χ1v) is 6.47. The highest BCUT2D eigenvalue weighted by atomic mass is 32.1. The fourth-order valence-corrected chi connectivity index (χ4v) is 3.02. The molecule has 2 rings (SSSR count). The molecule has 1 aromatic heterocycles. The predicted molar refractivity (Wildman–Crippen MR) is 64.1 cm³/mol. The van der Waals surface area contributed by atoms with Crippen LogP contribution in [0.1, 0.15) is 36.9 Å². The van der Waals surface area contributed by atoms with Crippen LogP contribution in [0, 0.1) is 0 Å². The van der Waals surface area contributed by atoms with Gasteiger partial charge in [-0.2, -0.15) is 0 Å². The van der Waals surface area contributed by atoms with Gasteiger partial charge in [-0.1, -0.05) is 0 Å². The average Bonchev–Trinajstić information content (AvgIpc) is 2.86. The molecule has 1 saturated heterocycles. The molecule has 2 N–H and O–H groups in total. The number of nitrogens with two attached hydrogens (primary N) is 1. The van der Waals surface area contributed by atoms with Crippen LogP contribution in [0.3, 0.4) is 0 Å². The molecule has 15 heavy (non-hydrogen) atoms. The van der Waals surface area contributed by atoms with Crippen LogP contribution in [0.2, 0.25) is 0 Å². The lowest BCUT2D eigenvalue weighted by Gasteiger charge is -2.19. The maximum Gasteiger partial charge on any atom is 0.0973 e. The Kier molecular flexibility index (Phi) is 3.38. The highest BCUT2D eigenvalue weighted by Crippen LogP contribution is 2.30. The number of thiazole rings is 1. The van der Waals surface area contributed by atoms with Crippen molar-refractivity contribution in [3.05, 3.63) is 16.1 Å². The first-order chi connectivity index (χ1) is 7.20. The van der Waals surface area contributed by atoms with Crippen LogP contribution in [0.4, 0.5) is 0 Å². The molecule has 1 aliphatic rings. The van der Waals surface area contributed by atoms with Gasteiger partial charge in [0.15, 0.2) is 0 Å². The quantitative estimate of drug-likeness (QED) is 0.853. The van der Waals surface area contributed by atoms with E-state index in [-0.39, 0.29) is 0 Å². The monoisotopic (exact) mass is 225 g/mol. The van der Waals surface area contributed by atoms with E-state index in [1.807, 2.05) is 0 Å². The second-order valence-corrected chi connectivity index (χ2v) is 5.35. The van der Waals surface area contributed by atoms with Gasteiger partial charge in [-0.3, -0.25) is 0 Å². The van der Waals surface area contributed by atoms with Crippen molar-refractivity contribution < 1.29 is 0 Å². The maximum atomic E-state index is 5.57. The summed E-state index contributed by atoms with van der Waals surface area (Å²) in [7, 11) is 0. The summed E-state index contributed by atoms with van der Waals surface area (Å²) in [5.41, 5.74) is 6.61. The molecule has 0 bridgehead atoms. The van der Waals surface area contributed by atoms with Crippen molar-refractivity contribution >= 4 is 11.3 Å². The molecule has 3 nitrogen and oxygen atoms in total. The predicted octanol–water partition coefficient (Wildman–Crippen LogP) is 1.80. The molecule has 2 heterocycles. The molecule has 0 radical (unpaired) electrons. The van der Waals surface area contributed by atoms with Crippen LogP contribution < -0.4 is 5.73 Å². The van der Waals surface area contributed by atoms with Crippen molar-refractivity contribution in [3.8, 4) is 0 Å². The highest BCUT2D eigenvalue weighted by molar-refractivity contribution is 7.09. The molecule has 1 atom stereocenters. The minimum atomic E-state index is 0.567. The largest absolute Gasteiger partial charge is 0.325 e. The molecular weight excluding hydrogens is 206 g/mol. The maximum absolute atomic E-state index is 5.57. The number of nitrogens with zero attached hydrogens (tertiary/aromatic N) is 2. The van der Waals surface area contributed by atoms with E-state index in [4.69, 9.17) is 5.73 Å². The Morgan fingerprint density at radius 2 is 2.47 bits per heavy atom. The second-order valence-electron chi connectivity index (χ2n) is 4.46. The average molecular weight is 225 g/mol. The van der Waals surface area contributed by atoms with E-state index < -0.39 is 0 Å². The highest BCUT2D eigenvalue weighted by Gasteiger charge is 2.27. The molecule has 1 fully saturated rings. The Hall–Kier alpha value is -0.450. The summed E-state index contributed by atoms with van der Waals surface area (Å²) < 4.78 is 0. The third-order valence-corrected chi connectivity index (χ3v) is 4.13. The van der Waals surface area contributed by atoms with Gasteiger partial charge in [0.05, 0.1) is 10.7 Å². The van der Waals surface area contributed by atoms with Crippen molar-refractivity contribution in [1.29, 1.82) is 0 Å². The molecule has 0 spiro atoms. The van der Waals surface area contributed by atoms with Crippen molar-refractivity contribution in [2.24, 2.45) is 5.73 Å². The molecule has 84 valence electrons. The van der Waals surface area contributed by atoms with Crippen LogP contribution in [0.15, 0.2) is 5.38 Å². The van der Waals surface area contributed by atoms with E-state index >= 15 is 0 Å². The minimum absolute atomic E-state index is 0.567. The third-order valence-electron chi connectivity index (χ3n) is 3.08. The normalized spacial score (nSPS) is 22.8. The molecule has 0 saturated carbocycles. The lowest BCUT2D eigenvalue weighted by atomic mass is 10.1. The minimum Gasteiger partial charge on any atom is -0.325 e. The third kappa shape index (κ3) is 2.38. The van der Waals surface area contributed by atoms with E-state index in [1.54, 1.807) is 11.3 Å². The second kappa shape index (κ2) is 4.60. The summed E-state index contributed by atoms with van der Waals surface area (Å²) >= 11 is 1.77. The van der Waals surface area contributed by atoms with Gasteiger partial charge in [0.25, 0.3) is 0 Å². The summed E-state index contributed by atoms with van der Waals surface area (Å²) in [6.07, 6.45) is 1.25. The van der Waals surface area contributed by atoms with Gasteiger partial charge >= 0.3 is 0 Å². The lowest BCUT2D eigenvalue weighted by molar-refractivity contribution is 0.272. The van der Waals surface area contributed by atoms with Crippen molar-refractivity contribution in [1.82, 2.24) is 9.88 Å². The summed E-state index contributed by atoms with van der Waals surface area (Å²) in [4.78, 5) is 7.09. The van der Waals surface area contributed by atoms with Crippen molar-refractivity contribution in [2.45, 2.75) is 38.8 Å². The number of hydrogen-bond acceptors (Lipinski definition) is 4. The molecule has 0 amide bonds. The van der Waals surface area contributed by atoms with Gasteiger partial charge in [0.1, 0.15) is 0 Å². The summed E-state index contributed by atoms with van der Waals surface area (Å²) in [5, 5.41) is 3.37. The van der Waals surface area contributed by atoms with Crippen LogP contribution in [0.5, 0.6) is 0 Å². The van der Waals surface area contributed by atoms with Gasteiger partial charge in [-0.25, -0.2) is 4.98 Å². The molecule has 1 aliphatic heterocycles. The Morgan fingerprint density at radius 1 is 1.67 bits per heavy atom. The summed E-state index contributed by atoms with van der Waals surface area (Å²) in [5.74, 6) is 0.637. The zero-order valence-electron chi connectivity index (χ0n) is 9.44. The van der Waals surface area contributed by atoms with E-state index in [9.17, 15) is 0 Å². The zero-order chi connectivity index (χ0) is 10.8. The van der Waals surface area contributed by atoms with E-state index in [0.717, 1.165) is 12.2 Å². The van der Waals surface area contributed by atoms with Gasteiger partial charge < -0.3 is 10.6 Å². The molecule has 0 aromatic carbocycles. The Labute approximate surface area is 95.3 Å². The van der Waals surface area contributed by atoms with Gasteiger partial charge in [0, 0.05) is 30.4 Å². The molecule has 0 aliphatic carbocycles. The van der Waals surface area contributed by atoms with Gasteiger partial charge in [-0.15, -0.1) is 11.3 Å². The lowest BCUT2D eigenvalue weighted by Crippen LogP contribution is -2.27. The van der Waals surface area contributed by atoms with Crippen LogP contribution >= 0.6 is 11.3 Å². The standard InChI is InChI=1S/C11H19N3S/c1-8(2)14-4-3-9(6-14)11-13-10(5-12)7-15-11/h7-9H,3-6,12H2,1-2H3. The number of rotatable bonds is 3. The molecule has 1 unspecified atom stereocenters. The topological polar surface area (TPSA) is 42.2 Å². The van der Waals surface area contributed by atoms with Crippen LogP contribution in [0.25, 0.3) is 0 Å². The molecule has 4 heteroatoms. The zero-order valence-corrected chi connectivity index (χ0v) is 10.3. The Morgan fingerprint density at radius 3 is 3.00 bits per heavy atom. The SMILES string of the molecule is CC(C)N1CCC(c2nc(CN)cs2)C1. The number of hydrogen-bond donors (Lipinski definition) is 1. The Bertz CT molecular complexity index is 321. The van der Waals surface area contributed by atoms with E-state index in [0.29, 0.717) is 18.5 Å². The smallest absolute Gasteiger partial charge is 0.0973 e. The Balaban J connectivity index is 2.01. The van der Waals surface area contributed by atoms with Crippen LogP contribution in [-0.2, 0) is 6.54 Å². The molecular formula is C11H19N3S. The molecule has 1 aromatic rings. The summed E-state index contributed by atoms with van der Waals surface area (Å²) in [6.45, 7) is 7.46. The first-order valence-electron chi connectivity index (χ1n) is 5.59. The van der Waals surface area contributed by atoms with Gasteiger partial charge in [0.2, 0.25) is 0 Å². The number of likely N-dealkylation sites (tertiary alicyclic amines) is 1. The fourth-order valence-electron chi connectivity index (χ4n) is 2.06. The fraction of sp³-hybridized carbons (Fsp3) is 0.727. The first kappa shape index (κ1) is 11.0. The van der Waals surface area contributed by atoms with Crippen LogP contribution in [-0.4, -0.2) is 29.0 Å². The van der Waals surface area contributed by atoms with Crippen molar-refractivity contribution in [2.75, 3.05) is 13.1 Å². The number of aromatic nitrogens is 1. The summed E-state index contributed by atoms with van der Waals surface area (Å²) in [6, 6.07) is 0.656.